The molecule has 1 heterocycles. The summed E-state index contributed by atoms with van der Waals surface area (Å²) in [6.45, 7) is 0.117. The summed E-state index contributed by atoms with van der Waals surface area (Å²) < 4.78 is 11.1. The van der Waals surface area contributed by atoms with Crippen molar-refractivity contribution < 1.29 is 18.9 Å². The van der Waals surface area contributed by atoms with Crippen LogP contribution in [0.25, 0.3) is 6.08 Å². The van der Waals surface area contributed by atoms with Crippen molar-refractivity contribution in [2.24, 2.45) is 0 Å². The van der Waals surface area contributed by atoms with Gasteiger partial charge in [-0.25, -0.2) is 0 Å². The van der Waals surface area contributed by atoms with Crippen LogP contribution in [0.15, 0.2) is 65.1 Å². The number of carbonyl (C=O) groups is 1. The number of ketones is 1. The second-order valence-electron chi connectivity index (χ2n) is 5.64. The van der Waals surface area contributed by atoms with Gasteiger partial charge < -0.3 is 9.15 Å². The lowest BCUT2D eigenvalue weighted by molar-refractivity contribution is -0.385. The number of benzene rings is 2. The number of halogens is 2. The van der Waals surface area contributed by atoms with E-state index >= 15 is 0 Å². The molecule has 142 valence electrons. The van der Waals surface area contributed by atoms with Crippen LogP contribution >= 0.6 is 23.2 Å². The van der Waals surface area contributed by atoms with E-state index in [2.05, 4.69) is 0 Å². The molecule has 0 aliphatic heterocycles. The van der Waals surface area contributed by atoms with Crippen molar-refractivity contribution in [3.63, 3.8) is 0 Å². The SMILES string of the molecule is O=C(/C=C/c1ccc(COc2cc(Cl)ccc2Cl)o1)c1ccccc1[N+](=O)[O-]. The van der Waals surface area contributed by atoms with Crippen LogP contribution in [0, 0.1) is 10.1 Å². The molecule has 8 heteroatoms. The van der Waals surface area contributed by atoms with Crippen molar-refractivity contribution in [3.8, 4) is 5.75 Å². The van der Waals surface area contributed by atoms with Gasteiger partial charge in [0.2, 0.25) is 0 Å². The summed E-state index contributed by atoms with van der Waals surface area (Å²) in [5, 5.41) is 11.9. The van der Waals surface area contributed by atoms with Gasteiger partial charge >= 0.3 is 0 Å². The van der Waals surface area contributed by atoms with E-state index in [1.54, 1.807) is 36.4 Å². The zero-order valence-corrected chi connectivity index (χ0v) is 15.8. The minimum atomic E-state index is -0.593. The summed E-state index contributed by atoms with van der Waals surface area (Å²) in [6, 6.07) is 14.0. The van der Waals surface area contributed by atoms with Crippen LogP contribution < -0.4 is 4.74 Å². The number of rotatable bonds is 7. The molecule has 0 bridgehead atoms. The molecule has 0 saturated heterocycles. The molecular weight excluding hydrogens is 405 g/mol. The van der Waals surface area contributed by atoms with E-state index in [0.29, 0.717) is 27.3 Å². The van der Waals surface area contributed by atoms with Gasteiger partial charge in [-0.3, -0.25) is 14.9 Å². The fraction of sp³-hybridized carbons (Fsp3) is 0.0500. The van der Waals surface area contributed by atoms with E-state index < -0.39 is 10.7 Å². The predicted molar refractivity (Wildman–Crippen MR) is 106 cm³/mol. The Morgan fingerprint density at radius 3 is 2.71 bits per heavy atom. The van der Waals surface area contributed by atoms with E-state index in [9.17, 15) is 14.9 Å². The average Bonchev–Trinajstić information content (AvgIpc) is 3.14. The van der Waals surface area contributed by atoms with E-state index in [1.807, 2.05) is 0 Å². The van der Waals surface area contributed by atoms with Crippen LogP contribution in [0.5, 0.6) is 5.75 Å². The number of carbonyl (C=O) groups excluding carboxylic acids is 1. The molecule has 28 heavy (non-hydrogen) atoms. The molecule has 0 atom stereocenters. The Balaban J connectivity index is 1.67. The summed E-state index contributed by atoms with van der Waals surface area (Å²) in [6.07, 6.45) is 2.66. The number of ether oxygens (including phenoxy) is 1. The Morgan fingerprint density at radius 2 is 1.93 bits per heavy atom. The minimum Gasteiger partial charge on any atom is -0.484 e. The Hall–Kier alpha value is -3.09. The van der Waals surface area contributed by atoms with Gasteiger partial charge in [0.25, 0.3) is 5.69 Å². The summed E-state index contributed by atoms with van der Waals surface area (Å²) in [5.41, 5.74) is -0.237. The molecular formula is C20H13Cl2NO5. The maximum Gasteiger partial charge on any atom is 0.280 e. The van der Waals surface area contributed by atoms with Gasteiger partial charge in [0, 0.05) is 17.2 Å². The highest BCUT2D eigenvalue weighted by Crippen LogP contribution is 2.28. The molecule has 0 radical (unpaired) electrons. The van der Waals surface area contributed by atoms with Gasteiger partial charge in [0.05, 0.1) is 15.5 Å². The van der Waals surface area contributed by atoms with Crippen molar-refractivity contribution in [2.45, 2.75) is 6.61 Å². The van der Waals surface area contributed by atoms with Crippen molar-refractivity contribution in [2.75, 3.05) is 0 Å². The quantitative estimate of drug-likeness (QED) is 0.204. The third kappa shape index (κ3) is 4.79. The Labute approximate surface area is 170 Å². The average molecular weight is 418 g/mol. The first kappa shape index (κ1) is 19.7. The highest BCUT2D eigenvalue weighted by atomic mass is 35.5. The molecule has 3 rings (SSSR count). The first-order valence-corrected chi connectivity index (χ1v) is 8.82. The highest BCUT2D eigenvalue weighted by Gasteiger charge is 2.17. The summed E-state index contributed by atoms with van der Waals surface area (Å²) in [7, 11) is 0. The van der Waals surface area contributed by atoms with Crippen LogP contribution in [0.4, 0.5) is 5.69 Å². The second-order valence-corrected chi connectivity index (χ2v) is 6.48. The Kier molecular flexibility index (Phi) is 6.13. The second kappa shape index (κ2) is 8.73. The number of nitrogens with zero attached hydrogens (tertiary/aromatic N) is 1. The molecule has 0 N–H and O–H groups in total. The zero-order chi connectivity index (χ0) is 20.1. The lowest BCUT2D eigenvalue weighted by Gasteiger charge is -2.06. The van der Waals surface area contributed by atoms with Crippen molar-refractivity contribution >= 4 is 40.7 Å². The van der Waals surface area contributed by atoms with Crippen LogP contribution in [0.1, 0.15) is 21.9 Å². The fourth-order valence-electron chi connectivity index (χ4n) is 2.39. The first-order chi connectivity index (χ1) is 13.4. The smallest absolute Gasteiger partial charge is 0.280 e. The lowest BCUT2D eigenvalue weighted by Crippen LogP contribution is -2.00. The van der Waals surface area contributed by atoms with Crippen LogP contribution in [0.3, 0.4) is 0 Å². The molecule has 0 spiro atoms. The third-order valence-corrected chi connectivity index (χ3v) is 4.26. The number of allylic oxidation sites excluding steroid dienone is 1. The van der Waals surface area contributed by atoms with Gasteiger partial charge in [-0.1, -0.05) is 35.3 Å². The van der Waals surface area contributed by atoms with Crippen molar-refractivity contribution in [1.82, 2.24) is 0 Å². The van der Waals surface area contributed by atoms with E-state index in [-0.39, 0.29) is 17.9 Å². The number of hydrogen-bond acceptors (Lipinski definition) is 5. The molecule has 0 unspecified atom stereocenters. The van der Waals surface area contributed by atoms with Crippen molar-refractivity contribution in [1.29, 1.82) is 0 Å². The van der Waals surface area contributed by atoms with Gasteiger partial charge in [-0.2, -0.15) is 0 Å². The molecule has 3 aromatic rings. The third-order valence-electron chi connectivity index (χ3n) is 3.71. The topological polar surface area (TPSA) is 82.6 Å². The summed E-state index contributed by atoms with van der Waals surface area (Å²) in [5.74, 6) is 0.845. The highest BCUT2D eigenvalue weighted by molar-refractivity contribution is 6.34. The summed E-state index contributed by atoms with van der Waals surface area (Å²) >= 11 is 11.9. The van der Waals surface area contributed by atoms with Crippen molar-refractivity contribution in [3.05, 3.63) is 97.9 Å². The van der Waals surface area contributed by atoms with Gasteiger partial charge in [-0.15, -0.1) is 0 Å². The molecule has 2 aromatic carbocycles. The van der Waals surface area contributed by atoms with Gasteiger partial charge in [0.15, 0.2) is 5.78 Å². The molecule has 0 fully saturated rings. The molecule has 0 saturated carbocycles. The van der Waals surface area contributed by atoms with Crippen LogP contribution in [-0.4, -0.2) is 10.7 Å². The number of para-hydroxylation sites is 1. The maximum atomic E-state index is 12.2. The normalized spacial score (nSPS) is 10.9. The molecule has 0 aliphatic rings. The molecule has 0 amide bonds. The lowest BCUT2D eigenvalue weighted by atomic mass is 10.1. The number of hydrogen-bond donors (Lipinski definition) is 0. The van der Waals surface area contributed by atoms with E-state index in [4.69, 9.17) is 32.4 Å². The molecule has 0 aliphatic carbocycles. The predicted octanol–water partition coefficient (Wildman–Crippen LogP) is 5.97. The van der Waals surface area contributed by atoms with Crippen LogP contribution in [0.2, 0.25) is 10.0 Å². The largest absolute Gasteiger partial charge is 0.484 e. The van der Waals surface area contributed by atoms with Gasteiger partial charge in [0.1, 0.15) is 23.9 Å². The number of nitro groups is 1. The summed E-state index contributed by atoms with van der Waals surface area (Å²) in [4.78, 5) is 22.7. The monoisotopic (exact) mass is 417 g/mol. The van der Waals surface area contributed by atoms with Crippen LogP contribution in [-0.2, 0) is 6.61 Å². The number of furan rings is 1. The zero-order valence-electron chi connectivity index (χ0n) is 14.3. The minimum absolute atomic E-state index is 0.00876. The Bertz CT molecular complexity index is 1060. The number of nitro benzene ring substituents is 1. The molecule has 1 aromatic heterocycles. The standard InChI is InChI=1S/C20H13Cl2NO5/c21-13-5-9-17(22)20(11-13)27-12-15-7-6-14(28-15)8-10-19(24)16-3-1-2-4-18(16)23(25)26/h1-11H,12H2/b10-8+. The Morgan fingerprint density at radius 1 is 1.14 bits per heavy atom. The van der Waals surface area contributed by atoms with E-state index in [1.165, 1.54) is 30.4 Å². The fourth-order valence-corrected chi connectivity index (χ4v) is 2.72. The van der Waals surface area contributed by atoms with E-state index in [0.717, 1.165) is 0 Å². The molecule has 6 nitrogen and oxygen atoms in total. The van der Waals surface area contributed by atoms with Gasteiger partial charge in [-0.05, 0) is 42.5 Å². The first-order valence-electron chi connectivity index (χ1n) is 8.06. The maximum absolute atomic E-state index is 12.2.